The van der Waals surface area contributed by atoms with E-state index in [9.17, 15) is 5.11 Å². The maximum Gasteiger partial charge on any atom is 0.0784 e. The predicted octanol–water partition coefficient (Wildman–Crippen LogP) is 5.79. The molecule has 3 nitrogen and oxygen atoms in total. The van der Waals surface area contributed by atoms with Crippen LogP contribution in [0, 0.1) is 5.41 Å². The van der Waals surface area contributed by atoms with Crippen molar-refractivity contribution >= 4 is 26.5 Å². The summed E-state index contributed by atoms with van der Waals surface area (Å²) < 4.78 is 12.9. The molecule has 0 saturated carbocycles. The van der Waals surface area contributed by atoms with Crippen molar-refractivity contribution in [2.45, 2.75) is 71.9 Å². The first-order valence-corrected chi connectivity index (χ1v) is 20.6. The molecule has 3 aromatic carbocycles. The summed E-state index contributed by atoms with van der Waals surface area (Å²) in [5, 5.41) is 13.4. The van der Waals surface area contributed by atoms with Crippen LogP contribution in [0.2, 0.25) is 39.3 Å². The van der Waals surface area contributed by atoms with Gasteiger partial charge in [0.25, 0.3) is 0 Å². The highest BCUT2D eigenvalue weighted by molar-refractivity contribution is 6.91. The van der Waals surface area contributed by atoms with Crippen LogP contribution >= 0.6 is 0 Å². The first-order chi connectivity index (χ1) is 17.5. The zero-order valence-electron chi connectivity index (χ0n) is 23.6. The summed E-state index contributed by atoms with van der Waals surface area (Å²) >= 11 is 0. The van der Waals surface area contributed by atoms with Crippen LogP contribution in [0.3, 0.4) is 0 Å². The van der Waals surface area contributed by atoms with Gasteiger partial charge in [-0.3, -0.25) is 0 Å². The Morgan fingerprint density at radius 1 is 0.703 bits per heavy atom. The van der Waals surface area contributed by atoms with Gasteiger partial charge in [0.15, 0.2) is 0 Å². The number of aliphatic hydroxyl groups excluding tert-OH is 1. The average Bonchev–Trinajstić information content (AvgIpc) is 3.21. The van der Waals surface area contributed by atoms with Gasteiger partial charge >= 0.3 is 0 Å². The lowest BCUT2D eigenvalue weighted by Gasteiger charge is -2.30. The van der Waals surface area contributed by atoms with Gasteiger partial charge in [-0.25, -0.2) is 0 Å². The normalized spacial score (nSPS) is 15.1. The Labute approximate surface area is 225 Å². The van der Waals surface area contributed by atoms with E-state index in [-0.39, 0.29) is 12.0 Å². The average molecular weight is 533 g/mol. The number of ether oxygens (including phenoxy) is 2. The summed E-state index contributed by atoms with van der Waals surface area (Å²) in [6.07, 6.45) is 1.94. The van der Waals surface area contributed by atoms with E-state index in [1.165, 1.54) is 32.6 Å². The molecule has 0 amide bonds. The lowest BCUT2D eigenvalue weighted by molar-refractivity contribution is -0.0279. The minimum Gasteiger partial charge on any atom is -0.392 e. The van der Waals surface area contributed by atoms with Gasteiger partial charge in [0.1, 0.15) is 0 Å². The van der Waals surface area contributed by atoms with Crippen LogP contribution in [-0.4, -0.2) is 34.5 Å². The quantitative estimate of drug-likeness (QED) is 0.318. The van der Waals surface area contributed by atoms with Gasteiger partial charge in [-0.05, 0) is 40.7 Å². The lowest BCUT2D eigenvalue weighted by atomic mass is 9.86. The molecular weight excluding hydrogens is 489 g/mol. The van der Waals surface area contributed by atoms with Gasteiger partial charge < -0.3 is 14.6 Å². The first-order valence-electron chi connectivity index (χ1n) is 13.6. The molecule has 1 aliphatic carbocycles. The van der Waals surface area contributed by atoms with Gasteiger partial charge in [-0.1, -0.05) is 116 Å². The Balaban J connectivity index is 1.68. The van der Waals surface area contributed by atoms with Crippen molar-refractivity contribution in [2.24, 2.45) is 5.41 Å². The number of aliphatic hydroxyl groups is 1. The van der Waals surface area contributed by atoms with Crippen molar-refractivity contribution in [2.75, 3.05) is 13.2 Å². The summed E-state index contributed by atoms with van der Waals surface area (Å²) in [5.41, 5.74) is 6.47. The second-order valence-electron chi connectivity index (χ2n) is 12.9. The van der Waals surface area contributed by atoms with Crippen molar-refractivity contribution in [3.63, 3.8) is 0 Å². The van der Waals surface area contributed by atoms with Crippen LogP contribution in [0.1, 0.15) is 27.8 Å². The second kappa shape index (κ2) is 11.4. The molecule has 37 heavy (non-hydrogen) atoms. The third-order valence-corrected chi connectivity index (χ3v) is 11.7. The molecule has 0 atom stereocenters. The topological polar surface area (TPSA) is 38.7 Å². The Bertz CT molecular complexity index is 1130. The second-order valence-corrected chi connectivity index (χ2v) is 22.9. The molecule has 1 N–H and O–H groups in total. The van der Waals surface area contributed by atoms with E-state index in [4.69, 9.17) is 9.47 Å². The number of hydrogen-bond donors (Lipinski definition) is 1. The van der Waals surface area contributed by atoms with Gasteiger partial charge in [0.05, 0.1) is 49.2 Å². The van der Waals surface area contributed by atoms with Crippen LogP contribution < -0.4 is 10.4 Å². The molecule has 0 bridgehead atoms. The molecule has 3 aromatic rings. The van der Waals surface area contributed by atoms with Crippen LogP contribution in [0.5, 0.6) is 0 Å². The number of rotatable bonds is 11. The zero-order valence-corrected chi connectivity index (χ0v) is 25.6. The van der Waals surface area contributed by atoms with E-state index >= 15 is 0 Å². The predicted molar refractivity (Wildman–Crippen MR) is 160 cm³/mol. The Morgan fingerprint density at radius 3 is 1.62 bits per heavy atom. The lowest BCUT2D eigenvalue weighted by Crippen LogP contribution is -2.48. The Kier molecular flexibility index (Phi) is 8.61. The fourth-order valence-electron chi connectivity index (χ4n) is 5.94. The van der Waals surface area contributed by atoms with Crippen molar-refractivity contribution < 1.29 is 14.6 Å². The Hall–Kier alpha value is -2.03. The minimum absolute atomic E-state index is 0.108. The summed E-state index contributed by atoms with van der Waals surface area (Å²) in [7, 11) is -3.32. The largest absolute Gasteiger partial charge is 0.392 e. The smallest absolute Gasteiger partial charge is 0.0784 e. The molecule has 0 unspecified atom stereocenters. The molecule has 198 valence electrons. The van der Waals surface area contributed by atoms with Gasteiger partial charge in [0.2, 0.25) is 0 Å². The van der Waals surface area contributed by atoms with E-state index in [0.717, 1.165) is 18.4 Å². The van der Waals surface area contributed by atoms with Crippen molar-refractivity contribution in [1.29, 1.82) is 0 Å². The molecule has 0 aliphatic heterocycles. The molecular formula is C32H44O3Si2. The number of benzene rings is 3. The van der Waals surface area contributed by atoms with Gasteiger partial charge in [-0.2, -0.15) is 0 Å². The van der Waals surface area contributed by atoms with E-state index in [1.54, 1.807) is 0 Å². The molecule has 1 aliphatic rings. The van der Waals surface area contributed by atoms with E-state index < -0.39 is 16.1 Å². The summed E-state index contributed by atoms with van der Waals surface area (Å²) in [6, 6.07) is 23.2. The molecule has 0 heterocycles. The fourth-order valence-corrected chi connectivity index (χ4v) is 9.95. The van der Waals surface area contributed by atoms with E-state index in [2.05, 4.69) is 93.9 Å². The zero-order chi connectivity index (χ0) is 26.7. The minimum atomic E-state index is -1.69. The highest BCUT2D eigenvalue weighted by Gasteiger charge is 2.44. The van der Waals surface area contributed by atoms with Crippen LogP contribution in [0.15, 0.2) is 66.7 Å². The SMILES string of the molecule is C[Si](C)(C)c1cc(CO)c([Si](C)(C)C)c2c1CC(COCc1ccccc1)(COCc1ccccc1)C2. The van der Waals surface area contributed by atoms with Crippen molar-refractivity contribution in [3.05, 3.63) is 94.5 Å². The highest BCUT2D eigenvalue weighted by atomic mass is 28.3. The molecule has 0 aromatic heterocycles. The van der Waals surface area contributed by atoms with Crippen molar-refractivity contribution in [3.8, 4) is 0 Å². The molecule has 0 saturated heterocycles. The summed E-state index contributed by atoms with van der Waals surface area (Å²) in [5.74, 6) is 0. The summed E-state index contributed by atoms with van der Waals surface area (Å²) in [4.78, 5) is 0. The molecule has 0 fully saturated rings. The van der Waals surface area contributed by atoms with Crippen molar-refractivity contribution in [1.82, 2.24) is 0 Å². The monoisotopic (exact) mass is 532 g/mol. The van der Waals surface area contributed by atoms with Gasteiger partial charge in [0, 0.05) is 5.41 Å². The third kappa shape index (κ3) is 6.70. The summed E-state index contributed by atoms with van der Waals surface area (Å²) in [6.45, 7) is 17.2. The number of fused-ring (bicyclic) bond motifs is 1. The van der Waals surface area contributed by atoms with Crippen LogP contribution in [-0.2, 0) is 42.1 Å². The maximum absolute atomic E-state index is 10.5. The molecule has 0 spiro atoms. The van der Waals surface area contributed by atoms with E-state index in [0.29, 0.717) is 26.4 Å². The first kappa shape index (κ1) is 28.0. The third-order valence-electron chi connectivity index (χ3n) is 7.50. The van der Waals surface area contributed by atoms with Gasteiger partial charge in [-0.15, -0.1) is 0 Å². The van der Waals surface area contributed by atoms with Crippen LogP contribution in [0.25, 0.3) is 0 Å². The number of hydrogen-bond acceptors (Lipinski definition) is 3. The van der Waals surface area contributed by atoms with Crippen LogP contribution in [0.4, 0.5) is 0 Å². The fraction of sp³-hybridized carbons (Fsp3) is 0.438. The molecule has 4 rings (SSSR count). The Morgan fingerprint density at radius 2 is 1.19 bits per heavy atom. The van der Waals surface area contributed by atoms with E-state index in [1.807, 2.05) is 12.1 Å². The maximum atomic E-state index is 10.5. The molecule has 0 radical (unpaired) electrons. The molecule has 5 heteroatoms. The highest BCUT2D eigenvalue weighted by Crippen LogP contribution is 2.39. The standard InChI is InChI=1S/C32H44O3Si2/c1-36(2,3)30-17-27(20-33)31(37(4,5)6)29-19-32(18-28(29)30,23-34-21-25-13-9-7-10-14-25)24-35-22-26-15-11-8-12-16-26/h7-17,33H,18-24H2,1-6H3.